The minimum atomic E-state index is -0.292. The number of anilines is 1. The van der Waals surface area contributed by atoms with Gasteiger partial charge in [-0.25, -0.2) is 4.39 Å². The van der Waals surface area contributed by atoms with E-state index in [0.29, 0.717) is 21.8 Å². The zero-order valence-electron chi connectivity index (χ0n) is 8.84. The average Bonchev–Trinajstić information content (AvgIpc) is 3.04. The zero-order valence-corrected chi connectivity index (χ0v) is 11.2. The van der Waals surface area contributed by atoms with Gasteiger partial charge in [0.1, 0.15) is 4.99 Å². The fourth-order valence-electron chi connectivity index (χ4n) is 1.66. The summed E-state index contributed by atoms with van der Waals surface area (Å²) < 4.78 is 14.4. The van der Waals surface area contributed by atoms with Crippen molar-refractivity contribution >= 4 is 38.8 Å². The molecule has 16 heavy (non-hydrogen) atoms. The molecule has 5 heteroatoms. The summed E-state index contributed by atoms with van der Waals surface area (Å²) in [5, 5.41) is 0. The molecular formula is C11H12BrFN2S. The smallest absolute Gasteiger partial charge is 0.161 e. The molecule has 2 rings (SSSR count). The fourth-order valence-corrected chi connectivity index (χ4v) is 2.51. The van der Waals surface area contributed by atoms with E-state index in [0.717, 1.165) is 12.8 Å². The van der Waals surface area contributed by atoms with E-state index in [9.17, 15) is 4.39 Å². The number of rotatable bonds is 3. The molecule has 0 heterocycles. The van der Waals surface area contributed by atoms with Crippen molar-refractivity contribution < 1.29 is 4.39 Å². The Morgan fingerprint density at radius 1 is 1.56 bits per heavy atom. The molecular weight excluding hydrogens is 291 g/mol. The van der Waals surface area contributed by atoms with Crippen LogP contribution in [0, 0.1) is 5.82 Å². The van der Waals surface area contributed by atoms with Crippen molar-refractivity contribution in [2.45, 2.75) is 18.9 Å². The Bertz CT molecular complexity index is 446. The lowest BCUT2D eigenvalue weighted by Gasteiger charge is -2.20. The van der Waals surface area contributed by atoms with Gasteiger partial charge in [0.25, 0.3) is 0 Å². The highest BCUT2D eigenvalue weighted by Crippen LogP contribution is 2.35. The van der Waals surface area contributed by atoms with Gasteiger partial charge in [0, 0.05) is 18.7 Å². The van der Waals surface area contributed by atoms with Crippen LogP contribution in [0.4, 0.5) is 10.1 Å². The van der Waals surface area contributed by atoms with Crippen LogP contribution in [0.3, 0.4) is 0 Å². The quantitative estimate of drug-likeness (QED) is 0.871. The second-order valence-electron chi connectivity index (χ2n) is 3.97. The Morgan fingerprint density at radius 3 is 2.69 bits per heavy atom. The molecule has 0 radical (unpaired) electrons. The second-order valence-corrected chi connectivity index (χ2v) is 5.20. The van der Waals surface area contributed by atoms with E-state index in [1.165, 1.54) is 0 Å². The van der Waals surface area contributed by atoms with Crippen LogP contribution in [0.1, 0.15) is 18.4 Å². The van der Waals surface area contributed by atoms with Gasteiger partial charge in [0.15, 0.2) is 5.82 Å². The van der Waals surface area contributed by atoms with Gasteiger partial charge in [-0.05, 0) is 40.9 Å². The average molecular weight is 303 g/mol. The molecule has 0 atom stereocenters. The van der Waals surface area contributed by atoms with E-state index < -0.39 is 0 Å². The first-order valence-corrected chi connectivity index (χ1v) is 6.23. The third kappa shape index (κ3) is 2.06. The van der Waals surface area contributed by atoms with Crippen LogP contribution >= 0.6 is 28.1 Å². The van der Waals surface area contributed by atoms with E-state index in [-0.39, 0.29) is 10.8 Å². The summed E-state index contributed by atoms with van der Waals surface area (Å²) in [5.74, 6) is -0.292. The molecule has 0 amide bonds. The number of thiocarbonyl (C=S) groups is 1. The predicted octanol–water partition coefficient (Wildman–Crippen LogP) is 2.82. The molecule has 0 unspecified atom stereocenters. The van der Waals surface area contributed by atoms with Gasteiger partial charge >= 0.3 is 0 Å². The van der Waals surface area contributed by atoms with Crippen molar-refractivity contribution in [1.29, 1.82) is 0 Å². The van der Waals surface area contributed by atoms with Crippen molar-refractivity contribution in [3.05, 3.63) is 28.0 Å². The Morgan fingerprint density at radius 2 is 2.19 bits per heavy atom. The molecule has 2 N–H and O–H groups in total. The van der Waals surface area contributed by atoms with E-state index in [1.54, 1.807) is 12.1 Å². The molecule has 1 aliphatic rings. The fraction of sp³-hybridized carbons (Fsp3) is 0.364. The molecule has 0 aromatic heterocycles. The van der Waals surface area contributed by atoms with Gasteiger partial charge in [-0.2, -0.15) is 0 Å². The molecule has 0 saturated heterocycles. The van der Waals surface area contributed by atoms with Crippen LogP contribution in [-0.4, -0.2) is 18.1 Å². The summed E-state index contributed by atoms with van der Waals surface area (Å²) in [6.07, 6.45) is 2.26. The SMILES string of the molecule is CN(c1ccc(C(N)=S)c(Br)c1F)C1CC1. The molecule has 1 aromatic carbocycles. The highest BCUT2D eigenvalue weighted by Gasteiger charge is 2.28. The number of nitrogens with two attached hydrogens (primary N) is 1. The number of benzene rings is 1. The lowest BCUT2D eigenvalue weighted by Crippen LogP contribution is -2.21. The zero-order chi connectivity index (χ0) is 11.9. The molecule has 1 aromatic rings. The van der Waals surface area contributed by atoms with E-state index in [2.05, 4.69) is 15.9 Å². The maximum Gasteiger partial charge on any atom is 0.161 e. The van der Waals surface area contributed by atoms with Gasteiger partial charge in [0.05, 0.1) is 10.2 Å². The normalized spacial score (nSPS) is 14.9. The summed E-state index contributed by atoms with van der Waals surface area (Å²) in [7, 11) is 1.91. The number of halogens is 2. The van der Waals surface area contributed by atoms with Crippen molar-refractivity contribution in [2.75, 3.05) is 11.9 Å². The van der Waals surface area contributed by atoms with E-state index >= 15 is 0 Å². The highest BCUT2D eigenvalue weighted by molar-refractivity contribution is 9.10. The first-order valence-electron chi connectivity index (χ1n) is 5.03. The third-order valence-corrected chi connectivity index (χ3v) is 3.80. The minimum absolute atomic E-state index is 0.200. The molecule has 1 aliphatic carbocycles. The molecule has 1 fully saturated rings. The molecule has 0 bridgehead atoms. The van der Waals surface area contributed by atoms with Crippen LogP contribution in [0.15, 0.2) is 16.6 Å². The van der Waals surface area contributed by atoms with Gasteiger partial charge in [-0.1, -0.05) is 12.2 Å². The highest BCUT2D eigenvalue weighted by atomic mass is 79.9. The predicted molar refractivity (Wildman–Crippen MR) is 71.4 cm³/mol. The second kappa shape index (κ2) is 4.30. The topological polar surface area (TPSA) is 29.3 Å². The van der Waals surface area contributed by atoms with Crippen LogP contribution in [0.25, 0.3) is 0 Å². The summed E-state index contributed by atoms with van der Waals surface area (Å²) in [6.45, 7) is 0. The lowest BCUT2D eigenvalue weighted by molar-refractivity contribution is 0.615. The molecule has 0 aliphatic heterocycles. The van der Waals surface area contributed by atoms with Crippen molar-refractivity contribution in [3.8, 4) is 0 Å². The Labute approximate surface area is 108 Å². The Balaban J connectivity index is 2.41. The standard InChI is InChI=1S/C11H12BrFN2S/c1-15(6-2-3-6)8-5-4-7(11(14)16)9(12)10(8)13/h4-6H,2-3H2,1H3,(H2,14,16). The summed E-state index contributed by atoms with van der Waals surface area (Å²) in [6, 6.07) is 3.95. The van der Waals surface area contributed by atoms with Crippen LogP contribution < -0.4 is 10.6 Å². The van der Waals surface area contributed by atoms with Gasteiger partial charge in [-0.3, -0.25) is 0 Å². The molecule has 2 nitrogen and oxygen atoms in total. The maximum atomic E-state index is 14.1. The van der Waals surface area contributed by atoms with Crippen molar-refractivity contribution in [1.82, 2.24) is 0 Å². The number of hydrogen-bond donors (Lipinski definition) is 1. The summed E-state index contributed by atoms with van der Waals surface area (Å²) in [4.78, 5) is 2.16. The molecule has 1 saturated carbocycles. The molecule has 0 spiro atoms. The van der Waals surface area contributed by atoms with Crippen LogP contribution in [0.2, 0.25) is 0 Å². The third-order valence-electron chi connectivity index (χ3n) is 2.80. The first kappa shape index (κ1) is 11.8. The Hall–Kier alpha value is -0.680. The maximum absolute atomic E-state index is 14.1. The minimum Gasteiger partial charge on any atom is -0.389 e. The summed E-state index contributed by atoms with van der Waals surface area (Å²) >= 11 is 8.05. The number of hydrogen-bond acceptors (Lipinski definition) is 2. The monoisotopic (exact) mass is 302 g/mol. The van der Waals surface area contributed by atoms with Crippen molar-refractivity contribution in [2.24, 2.45) is 5.73 Å². The Kier molecular flexibility index (Phi) is 3.17. The van der Waals surface area contributed by atoms with Crippen molar-refractivity contribution in [3.63, 3.8) is 0 Å². The van der Waals surface area contributed by atoms with Gasteiger partial charge in [0.2, 0.25) is 0 Å². The lowest BCUT2D eigenvalue weighted by atomic mass is 10.2. The van der Waals surface area contributed by atoms with Gasteiger partial charge < -0.3 is 10.6 Å². The summed E-state index contributed by atoms with van der Waals surface area (Å²) in [5.41, 5.74) is 6.64. The van der Waals surface area contributed by atoms with E-state index in [4.69, 9.17) is 18.0 Å². The largest absolute Gasteiger partial charge is 0.389 e. The number of nitrogens with zero attached hydrogens (tertiary/aromatic N) is 1. The van der Waals surface area contributed by atoms with Crippen LogP contribution in [0.5, 0.6) is 0 Å². The molecule has 86 valence electrons. The van der Waals surface area contributed by atoms with Crippen LogP contribution in [-0.2, 0) is 0 Å². The van der Waals surface area contributed by atoms with Gasteiger partial charge in [-0.15, -0.1) is 0 Å². The first-order chi connectivity index (χ1) is 7.52. The van der Waals surface area contributed by atoms with E-state index in [1.807, 2.05) is 11.9 Å².